The van der Waals surface area contributed by atoms with Crippen molar-refractivity contribution in [3.05, 3.63) is 64.6 Å². The molecule has 3 heterocycles. The Bertz CT molecular complexity index is 1550. The van der Waals surface area contributed by atoms with E-state index < -0.39 is 17.7 Å². The molecule has 2 aliphatic rings. The number of nitrogens with zero attached hydrogens (tertiary/aromatic N) is 5. The van der Waals surface area contributed by atoms with E-state index in [9.17, 15) is 14.0 Å². The van der Waals surface area contributed by atoms with Crippen LogP contribution in [0.5, 0.6) is 6.01 Å². The summed E-state index contributed by atoms with van der Waals surface area (Å²) in [5.74, 6) is -0.711. The number of carbonyl (C=O) groups is 2. The number of ether oxygens (including phenoxy) is 2. The Balaban J connectivity index is 1.41. The molecule has 2 aliphatic heterocycles. The highest BCUT2D eigenvalue weighted by molar-refractivity contribution is 6.36. The predicted molar refractivity (Wildman–Crippen MR) is 164 cm³/mol. The number of anilines is 2. The first-order valence-corrected chi connectivity index (χ1v) is 14.7. The topological polar surface area (TPSA) is 100 Å². The maximum absolute atomic E-state index is 14.5. The number of likely N-dealkylation sites (tertiary alicyclic amines) is 1. The van der Waals surface area contributed by atoms with E-state index in [1.807, 2.05) is 30.1 Å². The molecule has 0 radical (unpaired) electrons. The van der Waals surface area contributed by atoms with Crippen molar-refractivity contribution in [3.8, 4) is 6.01 Å². The number of aromatic nitrogens is 2. The minimum absolute atomic E-state index is 0.0402. The molecular weight excluding hydrogens is 575 g/mol. The van der Waals surface area contributed by atoms with E-state index in [1.165, 1.54) is 13.2 Å². The largest absolute Gasteiger partial charge is 0.466 e. The summed E-state index contributed by atoms with van der Waals surface area (Å²) in [6, 6.07) is 9.48. The maximum atomic E-state index is 14.5. The van der Waals surface area contributed by atoms with Crippen LogP contribution in [0.1, 0.15) is 24.6 Å². The summed E-state index contributed by atoms with van der Waals surface area (Å²) in [7, 11) is 5.24. The van der Waals surface area contributed by atoms with Crippen LogP contribution in [0.25, 0.3) is 10.8 Å². The van der Waals surface area contributed by atoms with Crippen LogP contribution in [0.15, 0.2) is 42.5 Å². The third-order valence-electron chi connectivity index (χ3n) is 8.21. The van der Waals surface area contributed by atoms with Crippen LogP contribution in [0, 0.1) is 5.82 Å². The molecule has 5 rings (SSSR count). The fourth-order valence-electron chi connectivity index (χ4n) is 5.59. The van der Waals surface area contributed by atoms with Gasteiger partial charge in [-0.3, -0.25) is 9.69 Å². The third kappa shape index (κ3) is 6.67. The fourth-order valence-corrected chi connectivity index (χ4v) is 5.86. The lowest BCUT2D eigenvalue weighted by Gasteiger charge is -2.33. The average Bonchev–Trinajstić information content (AvgIpc) is 3.32. The number of hydrogen-bond acceptors (Lipinski definition) is 9. The molecule has 0 bridgehead atoms. The molecule has 0 unspecified atom stereocenters. The number of likely N-dealkylation sites (N-methyl/N-ethyl adjacent to an activating group) is 2. The first-order chi connectivity index (χ1) is 20.7. The summed E-state index contributed by atoms with van der Waals surface area (Å²) in [5, 5.41) is 4.42. The van der Waals surface area contributed by atoms with Gasteiger partial charge in [0.25, 0.3) is 0 Å². The summed E-state index contributed by atoms with van der Waals surface area (Å²) in [4.78, 5) is 39.5. The van der Waals surface area contributed by atoms with Gasteiger partial charge in [-0.1, -0.05) is 29.8 Å². The van der Waals surface area contributed by atoms with Crippen LogP contribution in [0.2, 0.25) is 5.02 Å². The van der Waals surface area contributed by atoms with Crippen LogP contribution < -0.4 is 19.9 Å². The average molecular weight is 611 g/mol. The van der Waals surface area contributed by atoms with Crippen molar-refractivity contribution in [1.29, 1.82) is 0 Å². The Morgan fingerprint density at radius 3 is 2.77 bits per heavy atom. The van der Waals surface area contributed by atoms with E-state index in [-0.39, 0.29) is 17.2 Å². The van der Waals surface area contributed by atoms with Gasteiger partial charge in [0.05, 0.1) is 24.4 Å². The smallest absolute Gasteiger partial charge is 0.330 e. The molecule has 10 nitrogen and oxygen atoms in total. The number of fused-ring (bicyclic) bond motifs is 2. The zero-order chi connectivity index (χ0) is 30.7. The van der Waals surface area contributed by atoms with Gasteiger partial charge in [-0.25, -0.2) is 9.18 Å². The van der Waals surface area contributed by atoms with E-state index >= 15 is 0 Å². The predicted octanol–water partition coefficient (Wildman–Crippen LogP) is 3.74. The highest BCUT2D eigenvalue weighted by atomic mass is 35.5. The first kappa shape index (κ1) is 30.5. The normalized spacial score (nSPS) is 18.6. The molecule has 43 heavy (non-hydrogen) atoms. The highest BCUT2D eigenvalue weighted by Crippen LogP contribution is 2.38. The molecule has 1 N–H and O–H groups in total. The van der Waals surface area contributed by atoms with E-state index in [1.54, 1.807) is 6.07 Å². The summed E-state index contributed by atoms with van der Waals surface area (Å²) >= 11 is 6.46. The number of benzene rings is 2. The van der Waals surface area contributed by atoms with Gasteiger partial charge < -0.3 is 24.6 Å². The second-order valence-corrected chi connectivity index (χ2v) is 11.3. The van der Waals surface area contributed by atoms with Crippen LogP contribution in [0.3, 0.4) is 0 Å². The van der Waals surface area contributed by atoms with Crippen molar-refractivity contribution in [2.24, 2.45) is 0 Å². The number of nitrogens with one attached hydrogen (secondary N) is 1. The summed E-state index contributed by atoms with van der Waals surface area (Å²) < 4.78 is 25.4. The molecular formula is C31H36ClFN6O4. The lowest BCUT2D eigenvalue weighted by Crippen LogP contribution is -2.37. The lowest BCUT2D eigenvalue weighted by molar-refractivity contribution is -0.135. The Morgan fingerprint density at radius 1 is 1.21 bits per heavy atom. The highest BCUT2D eigenvalue weighted by Gasteiger charge is 2.32. The molecule has 2 aromatic carbocycles. The van der Waals surface area contributed by atoms with Gasteiger partial charge in [0, 0.05) is 68.1 Å². The van der Waals surface area contributed by atoms with Crippen molar-refractivity contribution in [2.45, 2.75) is 38.5 Å². The fraction of sp³-hybridized carbons (Fsp3) is 0.419. The molecule has 12 heteroatoms. The van der Waals surface area contributed by atoms with E-state index in [2.05, 4.69) is 33.8 Å². The molecule has 1 amide bonds. The SMILES string of the molecule is COC(=O)/C=C/C(=O)NCCN(C)c1nc(O[C@@H]2CCN(C)[C@@H]2C)nc2c1CCN(c1cccc3ccc(F)c(Cl)c13)C2. The maximum Gasteiger partial charge on any atom is 0.330 e. The molecule has 0 spiro atoms. The minimum Gasteiger partial charge on any atom is -0.466 e. The third-order valence-corrected chi connectivity index (χ3v) is 8.58. The van der Waals surface area contributed by atoms with Crippen LogP contribution in [-0.2, 0) is 27.3 Å². The van der Waals surface area contributed by atoms with Gasteiger partial charge in [-0.2, -0.15) is 9.97 Å². The molecule has 1 aromatic heterocycles. The first-order valence-electron chi connectivity index (χ1n) is 14.3. The number of esters is 1. The standard InChI is InChI=1S/C31H36ClFN6O4/c1-19-25(13-15-37(19)2)43-31-35-23-18-39(24-7-5-6-20-8-9-22(33)29(32)28(20)24)16-12-21(23)30(36-31)38(3)17-14-34-26(40)10-11-27(41)42-4/h5-11,19,25H,12-18H2,1-4H3,(H,34,40)/b11-10+/t19-,25-/m1/s1. The monoisotopic (exact) mass is 610 g/mol. The van der Waals surface area contributed by atoms with Gasteiger partial charge in [0.2, 0.25) is 5.91 Å². The Labute approximate surface area is 255 Å². The molecule has 0 aliphatic carbocycles. The van der Waals surface area contributed by atoms with Crippen LogP contribution in [0.4, 0.5) is 15.9 Å². The molecule has 1 saturated heterocycles. The number of rotatable bonds is 9. The van der Waals surface area contributed by atoms with Gasteiger partial charge in [-0.15, -0.1) is 0 Å². The zero-order valence-electron chi connectivity index (χ0n) is 24.8. The number of carbonyl (C=O) groups excluding carboxylic acids is 2. The lowest BCUT2D eigenvalue weighted by atomic mass is 10.0. The molecule has 0 saturated carbocycles. The van der Waals surface area contributed by atoms with E-state index in [0.29, 0.717) is 44.0 Å². The number of amides is 1. The van der Waals surface area contributed by atoms with Crippen molar-refractivity contribution in [2.75, 3.05) is 57.2 Å². The molecule has 1 fully saturated rings. The van der Waals surface area contributed by atoms with Crippen molar-refractivity contribution < 1.29 is 23.5 Å². The second-order valence-electron chi connectivity index (χ2n) is 10.9. The van der Waals surface area contributed by atoms with Gasteiger partial charge in [0.15, 0.2) is 0 Å². The summed E-state index contributed by atoms with van der Waals surface area (Å²) in [6.45, 7) is 4.97. The Kier molecular flexibility index (Phi) is 9.31. The van der Waals surface area contributed by atoms with Crippen molar-refractivity contribution in [1.82, 2.24) is 20.2 Å². The summed E-state index contributed by atoms with van der Waals surface area (Å²) in [6.07, 6.45) is 3.70. The van der Waals surface area contributed by atoms with Gasteiger partial charge in [0.1, 0.15) is 17.7 Å². The second kappa shape index (κ2) is 13.1. The Morgan fingerprint density at radius 2 is 2.02 bits per heavy atom. The van der Waals surface area contributed by atoms with Gasteiger partial charge >= 0.3 is 12.0 Å². The molecule has 2 atom stereocenters. The zero-order valence-corrected chi connectivity index (χ0v) is 25.5. The van der Waals surface area contributed by atoms with Crippen molar-refractivity contribution in [3.63, 3.8) is 0 Å². The Hall–Kier alpha value is -3.96. The summed E-state index contributed by atoms with van der Waals surface area (Å²) in [5.41, 5.74) is 2.67. The number of halogens is 2. The van der Waals surface area contributed by atoms with Crippen molar-refractivity contribution >= 4 is 45.8 Å². The van der Waals surface area contributed by atoms with E-state index in [4.69, 9.17) is 26.3 Å². The minimum atomic E-state index is -0.597. The van der Waals surface area contributed by atoms with Gasteiger partial charge in [-0.05, 0) is 44.3 Å². The molecule has 228 valence electrons. The number of hydrogen-bond donors (Lipinski definition) is 1. The van der Waals surface area contributed by atoms with Crippen LogP contribution in [-0.4, -0.2) is 86.3 Å². The van der Waals surface area contributed by atoms with E-state index in [0.717, 1.165) is 53.3 Å². The molecule has 3 aromatic rings. The van der Waals surface area contributed by atoms with Crippen LogP contribution >= 0.6 is 11.6 Å². The quantitative estimate of drug-likeness (QED) is 0.287. The number of methoxy groups -OCH3 is 1.